The number of hydrogen-bond acceptors (Lipinski definition) is 7. The quantitative estimate of drug-likeness (QED) is 0.302. The van der Waals surface area contributed by atoms with Crippen LogP contribution in [0, 0.1) is 5.92 Å². The van der Waals surface area contributed by atoms with Gasteiger partial charge in [0.1, 0.15) is 12.3 Å². The summed E-state index contributed by atoms with van der Waals surface area (Å²) in [6.07, 6.45) is 13.3. The Bertz CT molecular complexity index is 1050. The number of ether oxygens (including phenoxy) is 2. The van der Waals surface area contributed by atoms with Crippen LogP contribution >= 0.6 is 0 Å². The Morgan fingerprint density at radius 1 is 1.05 bits per heavy atom. The van der Waals surface area contributed by atoms with Crippen LogP contribution in [0.4, 0.5) is 5.69 Å². The fourth-order valence-electron chi connectivity index (χ4n) is 6.04. The van der Waals surface area contributed by atoms with E-state index in [1.165, 1.54) is 38.5 Å². The van der Waals surface area contributed by atoms with Crippen molar-refractivity contribution in [1.29, 1.82) is 0 Å². The van der Waals surface area contributed by atoms with Crippen LogP contribution in [0.2, 0.25) is 0 Å². The maximum atomic E-state index is 12.8. The Morgan fingerprint density at radius 3 is 2.50 bits per heavy atom. The Balaban J connectivity index is 1.33. The van der Waals surface area contributed by atoms with Crippen molar-refractivity contribution in [3.63, 3.8) is 0 Å². The largest absolute Gasteiger partial charge is 0.494 e. The minimum absolute atomic E-state index is 0.00245. The fourth-order valence-corrected chi connectivity index (χ4v) is 6.04. The van der Waals surface area contributed by atoms with Gasteiger partial charge in [-0.15, -0.1) is 0 Å². The van der Waals surface area contributed by atoms with Gasteiger partial charge in [0.25, 0.3) is 0 Å². The number of rotatable bonds is 11. The monoisotopic (exact) mass is 554 g/mol. The Morgan fingerprint density at radius 2 is 1.77 bits per heavy atom. The van der Waals surface area contributed by atoms with E-state index < -0.39 is 0 Å². The van der Waals surface area contributed by atoms with Crippen molar-refractivity contribution >= 4 is 29.4 Å². The van der Waals surface area contributed by atoms with Gasteiger partial charge in [0, 0.05) is 38.0 Å². The van der Waals surface area contributed by atoms with Crippen molar-refractivity contribution in [2.45, 2.75) is 103 Å². The molecule has 1 heterocycles. The lowest BCUT2D eigenvalue weighted by atomic mass is 9.87. The summed E-state index contributed by atoms with van der Waals surface area (Å²) in [5, 5.41) is 2.97. The van der Waals surface area contributed by atoms with E-state index in [1.807, 2.05) is 30.1 Å². The molecule has 1 aromatic carbocycles. The number of benzene rings is 1. The molecule has 1 aromatic rings. The standard InChI is InChI=1S/C31H46N4O5/c1-3-39-30(38)22-35-21-24-20-26(40-18-10-15-29(37)34(2)25-13-8-5-9-14-25)16-17-27(24)32-31(35)33-28(36)19-23-11-6-4-7-12-23/h16-17,20,23,25H,3-15,18-19,21-22H2,1-2H3,(H,32,33,36). The van der Waals surface area contributed by atoms with Crippen LogP contribution in [0.1, 0.15) is 96.0 Å². The first-order chi connectivity index (χ1) is 19.4. The second kappa shape index (κ2) is 15.1. The van der Waals surface area contributed by atoms with Gasteiger partial charge in [-0.2, -0.15) is 0 Å². The van der Waals surface area contributed by atoms with Crippen LogP contribution in [-0.4, -0.2) is 66.4 Å². The molecule has 9 heteroatoms. The third-order valence-corrected chi connectivity index (χ3v) is 8.33. The van der Waals surface area contributed by atoms with Crippen molar-refractivity contribution in [2.75, 3.05) is 26.8 Å². The van der Waals surface area contributed by atoms with Gasteiger partial charge in [0.15, 0.2) is 0 Å². The second-order valence-electron chi connectivity index (χ2n) is 11.4. The Kier molecular flexibility index (Phi) is 11.2. The molecule has 2 saturated carbocycles. The number of nitrogens with zero attached hydrogens (tertiary/aromatic N) is 3. The topological polar surface area (TPSA) is 101 Å². The Hall–Kier alpha value is -3.10. The molecular weight excluding hydrogens is 508 g/mol. The first kappa shape index (κ1) is 29.9. The number of hydrogen-bond donors (Lipinski definition) is 1. The van der Waals surface area contributed by atoms with E-state index in [9.17, 15) is 14.4 Å². The third-order valence-electron chi connectivity index (χ3n) is 8.33. The van der Waals surface area contributed by atoms with E-state index in [2.05, 4.69) is 5.32 Å². The van der Waals surface area contributed by atoms with Crippen molar-refractivity contribution in [3.8, 4) is 5.75 Å². The normalized spacial score (nSPS) is 17.9. The molecule has 3 aliphatic rings. The molecule has 40 heavy (non-hydrogen) atoms. The molecule has 2 aliphatic carbocycles. The highest BCUT2D eigenvalue weighted by Gasteiger charge is 2.26. The SMILES string of the molecule is CCOC(=O)CN1Cc2cc(OCCCC(=O)N(C)C3CCCCC3)ccc2N=C1NC(=O)CC1CCCCC1. The highest BCUT2D eigenvalue weighted by Crippen LogP contribution is 2.30. The van der Waals surface area contributed by atoms with E-state index in [-0.39, 0.29) is 24.3 Å². The smallest absolute Gasteiger partial charge is 0.325 e. The number of fused-ring (bicyclic) bond motifs is 1. The number of nitrogens with one attached hydrogen (secondary N) is 1. The molecule has 9 nitrogen and oxygen atoms in total. The van der Waals surface area contributed by atoms with Gasteiger partial charge >= 0.3 is 5.97 Å². The molecule has 1 aliphatic heterocycles. The fraction of sp³-hybridized carbons (Fsp3) is 0.677. The summed E-state index contributed by atoms with van der Waals surface area (Å²) in [5.74, 6) is 1.25. The van der Waals surface area contributed by atoms with Crippen molar-refractivity contribution in [3.05, 3.63) is 23.8 Å². The molecule has 2 fully saturated rings. The lowest BCUT2D eigenvalue weighted by molar-refractivity contribution is -0.143. The van der Waals surface area contributed by atoms with Crippen LogP contribution in [0.3, 0.4) is 0 Å². The minimum Gasteiger partial charge on any atom is -0.494 e. The summed E-state index contributed by atoms with van der Waals surface area (Å²) in [7, 11) is 1.93. The van der Waals surface area contributed by atoms with Crippen LogP contribution in [0.15, 0.2) is 23.2 Å². The molecule has 220 valence electrons. The van der Waals surface area contributed by atoms with Gasteiger partial charge in [-0.1, -0.05) is 38.5 Å². The van der Waals surface area contributed by atoms with Gasteiger partial charge in [-0.25, -0.2) is 4.99 Å². The molecule has 4 rings (SSSR count). The summed E-state index contributed by atoms with van der Waals surface area (Å²) in [6, 6.07) is 6.04. The highest BCUT2D eigenvalue weighted by atomic mass is 16.5. The maximum Gasteiger partial charge on any atom is 0.325 e. The van der Waals surface area contributed by atoms with Gasteiger partial charge in [-0.3, -0.25) is 19.7 Å². The molecule has 0 spiro atoms. The predicted octanol–water partition coefficient (Wildman–Crippen LogP) is 5.09. The molecule has 2 amide bonds. The average molecular weight is 555 g/mol. The number of carbonyl (C=O) groups is 3. The van der Waals surface area contributed by atoms with E-state index >= 15 is 0 Å². The number of esters is 1. The molecule has 0 saturated heterocycles. The zero-order chi connectivity index (χ0) is 28.3. The summed E-state index contributed by atoms with van der Waals surface area (Å²) in [4.78, 5) is 46.2. The maximum absolute atomic E-state index is 12.8. The van der Waals surface area contributed by atoms with E-state index in [0.717, 1.165) is 36.9 Å². The van der Waals surface area contributed by atoms with Crippen molar-refractivity contribution in [2.24, 2.45) is 10.9 Å². The average Bonchev–Trinajstić information content (AvgIpc) is 2.96. The van der Waals surface area contributed by atoms with Crippen LogP contribution < -0.4 is 10.1 Å². The molecule has 0 radical (unpaired) electrons. The Labute approximate surface area is 238 Å². The van der Waals surface area contributed by atoms with Crippen LogP contribution in [0.5, 0.6) is 5.75 Å². The summed E-state index contributed by atoms with van der Waals surface area (Å²) >= 11 is 0. The zero-order valence-electron chi connectivity index (χ0n) is 24.3. The zero-order valence-corrected chi connectivity index (χ0v) is 24.3. The number of amides is 2. The van der Waals surface area contributed by atoms with E-state index in [4.69, 9.17) is 14.5 Å². The highest BCUT2D eigenvalue weighted by molar-refractivity contribution is 6.00. The van der Waals surface area contributed by atoms with E-state index in [1.54, 1.807) is 11.8 Å². The van der Waals surface area contributed by atoms with Gasteiger partial charge < -0.3 is 19.3 Å². The molecule has 1 N–H and O–H groups in total. The first-order valence-corrected chi connectivity index (χ1v) is 15.2. The lowest BCUT2D eigenvalue weighted by Crippen LogP contribution is -2.47. The predicted molar refractivity (Wildman–Crippen MR) is 154 cm³/mol. The number of aliphatic imine (C=N–C) groups is 1. The van der Waals surface area contributed by atoms with Gasteiger partial charge in [-0.05, 0) is 63.1 Å². The molecule has 0 aromatic heterocycles. The van der Waals surface area contributed by atoms with Crippen molar-refractivity contribution in [1.82, 2.24) is 15.1 Å². The summed E-state index contributed by atoms with van der Waals surface area (Å²) in [5.41, 5.74) is 1.64. The van der Waals surface area contributed by atoms with Crippen LogP contribution in [0.25, 0.3) is 0 Å². The molecule has 0 bridgehead atoms. The van der Waals surface area contributed by atoms with Gasteiger partial charge in [0.2, 0.25) is 17.8 Å². The number of guanidine groups is 1. The van der Waals surface area contributed by atoms with Crippen molar-refractivity contribution < 1.29 is 23.9 Å². The molecule has 0 atom stereocenters. The number of carbonyl (C=O) groups excluding carboxylic acids is 3. The molecular formula is C31H46N4O5. The van der Waals surface area contributed by atoms with Gasteiger partial charge in [0.05, 0.1) is 18.9 Å². The summed E-state index contributed by atoms with van der Waals surface area (Å²) in [6.45, 7) is 2.91. The van der Waals surface area contributed by atoms with E-state index in [0.29, 0.717) is 62.7 Å². The molecule has 0 unspecified atom stereocenters. The summed E-state index contributed by atoms with van der Waals surface area (Å²) < 4.78 is 11.1. The lowest BCUT2D eigenvalue weighted by Gasteiger charge is -2.31. The minimum atomic E-state index is -0.365. The third kappa shape index (κ3) is 8.70. The first-order valence-electron chi connectivity index (χ1n) is 15.2. The van der Waals surface area contributed by atoms with Crippen LogP contribution in [-0.2, 0) is 25.7 Å². The second-order valence-corrected chi connectivity index (χ2v) is 11.4.